The van der Waals surface area contributed by atoms with Gasteiger partial charge in [-0.3, -0.25) is 0 Å². The van der Waals surface area contributed by atoms with Gasteiger partial charge >= 0.3 is 0 Å². The van der Waals surface area contributed by atoms with Crippen molar-refractivity contribution in [2.75, 3.05) is 23.8 Å². The van der Waals surface area contributed by atoms with Gasteiger partial charge in [-0.15, -0.1) is 0 Å². The molecule has 4 heteroatoms. The first-order valence-corrected chi connectivity index (χ1v) is 10.3. The summed E-state index contributed by atoms with van der Waals surface area (Å²) in [4.78, 5) is 4.66. The second-order valence-corrected chi connectivity index (χ2v) is 6.95. The smallest absolute Gasteiger partial charge is 0.200 e. The van der Waals surface area contributed by atoms with Gasteiger partial charge in [0.15, 0.2) is 5.96 Å². The predicted molar refractivity (Wildman–Crippen MR) is 130 cm³/mol. The zero-order valence-corrected chi connectivity index (χ0v) is 17.2. The number of para-hydroxylation sites is 2. The van der Waals surface area contributed by atoms with Gasteiger partial charge in [-0.1, -0.05) is 78.9 Å². The molecule has 4 aromatic rings. The lowest BCUT2D eigenvalue weighted by Gasteiger charge is -2.13. The number of benzene rings is 4. The number of anilines is 2. The largest absolute Gasteiger partial charge is 0.492 e. The number of nitrogens with one attached hydrogen (secondary N) is 2. The van der Waals surface area contributed by atoms with Crippen LogP contribution >= 0.6 is 0 Å². The number of hydrogen-bond acceptors (Lipinski definition) is 2. The lowest BCUT2D eigenvalue weighted by Crippen LogP contribution is -2.23. The lowest BCUT2D eigenvalue weighted by molar-refractivity contribution is 0.329. The normalized spacial score (nSPS) is 10.2. The molecule has 0 saturated heterocycles. The quantitative estimate of drug-likeness (QED) is 0.214. The van der Waals surface area contributed by atoms with Crippen LogP contribution in [-0.2, 0) is 0 Å². The van der Waals surface area contributed by atoms with Crippen molar-refractivity contribution in [3.8, 4) is 16.9 Å². The highest BCUT2D eigenvalue weighted by Crippen LogP contribution is 2.22. The molecule has 0 aliphatic heterocycles. The minimum absolute atomic E-state index is 0.487. The highest BCUT2D eigenvalue weighted by molar-refractivity contribution is 6.03. The van der Waals surface area contributed by atoms with E-state index in [-0.39, 0.29) is 0 Å². The highest BCUT2D eigenvalue weighted by atomic mass is 16.5. The molecular formula is C27H25N3O. The van der Waals surface area contributed by atoms with Crippen LogP contribution in [0.2, 0.25) is 0 Å². The van der Waals surface area contributed by atoms with Crippen LogP contribution in [0.25, 0.3) is 11.1 Å². The third kappa shape index (κ3) is 6.21. The van der Waals surface area contributed by atoms with Crippen LogP contribution in [0.4, 0.5) is 11.4 Å². The van der Waals surface area contributed by atoms with E-state index in [0.29, 0.717) is 19.1 Å². The number of nitrogens with zero attached hydrogens (tertiary/aromatic N) is 1. The van der Waals surface area contributed by atoms with E-state index in [1.165, 1.54) is 11.1 Å². The first-order chi connectivity index (χ1) is 15.4. The molecular weight excluding hydrogens is 382 g/mol. The Labute approximate surface area is 183 Å². The minimum Gasteiger partial charge on any atom is -0.492 e. The minimum atomic E-state index is 0.487. The summed E-state index contributed by atoms with van der Waals surface area (Å²) in [6.45, 7) is 1.01. The summed E-state index contributed by atoms with van der Waals surface area (Å²) >= 11 is 0. The van der Waals surface area contributed by atoms with E-state index < -0.39 is 0 Å². The Morgan fingerprint density at radius 3 is 1.61 bits per heavy atom. The molecule has 0 amide bonds. The molecule has 4 nitrogen and oxygen atoms in total. The summed E-state index contributed by atoms with van der Waals surface area (Å²) < 4.78 is 5.89. The van der Waals surface area contributed by atoms with E-state index in [1.54, 1.807) is 0 Å². The van der Waals surface area contributed by atoms with Crippen LogP contribution < -0.4 is 15.4 Å². The molecule has 4 rings (SSSR count). The second kappa shape index (κ2) is 10.6. The highest BCUT2D eigenvalue weighted by Gasteiger charge is 2.02. The fourth-order valence-electron chi connectivity index (χ4n) is 3.12. The lowest BCUT2D eigenvalue weighted by atomic mass is 10.1. The Kier molecular flexibility index (Phi) is 6.95. The van der Waals surface area contributed by atoms with Gasteiger partial charge in [0, 0.05) is 11.4 Å². The standard InChI is InChI=1S/C27H25N3O/c1-4-10-22(11-5-1)23-16-18-26(19-17-23)31-21-20-28-27(29-24-12-6-2-7-13-24)30-25-14-8-3-9-15-25/h1-19H,20-21H2,(H2,28,29,30). The van der Waals surface area contributed by atoms with Gasteiger partial charge < -0.3 is 15.4 Å². The van der Waals surface area contributed by atoms with Crippen molar-refractivity contribution in [3.05, 3.63) is 115 Å². The molecule has 154 valence electrons. The van der Waals surface area contributed by atoms with E-state index in [9.17, 15) is 0 Å². The number of ether oxygens (including phenoxy) is 1. The average molecular weight is 408 g/mol. The second-order valence-electron chi connectivity index (χ2n) is 6.95. The molecule has 0 atom stereocenters. The summed E-state index contributed by atoms with van der Waals surface area (Å²) in [7, 11) is 0. The van der Waals surface area contributed by atoms with Crippen LogP contribution in [0, 0.1) is 0 Å². The predicted octanol–water partition coefficient (Wildman–Crippen LogP) is 6.31. The van der Waals surface area contributed by atoms with Crippen molar-refractivity contribution >= 4 is 17.3 Å². The number of guanidine groups is 1. The monoisotopic (exact) mass is 407 g/mol. The van der Waals surface area contributed by atoms with Gasteiger partial charge in [0.05, 0.1) is 6.54 Å². The molecule has 0 aromatic heterocycles. The Bertz CT molecular complexity index is 1040. The molecule has 0 bridgehead atoms. The first-order valence-electron chi connectivity index (χ1n) is 10.3. The van der Waals surface area contributed by atoms with Crippen molar-refractivity contribution in [2.24, 2.45) is 4.99 Å². The van der Waals surface area contributed by atoms with Gasteiger partial charge in [0.25, 0.3) is 0 Å². The topological polar surface area (TPSA) is 45.7 Å². The summed E-state index contributed by atoms with van der Waals surface area (Å²) in [5, 5.41) is 6.67. The Morgan fingerprint density at radius 2 is 1.06 bits per heavy atom. The fourth-order valence-corrected chi connectivity index (χ4v) is 3.12. The molecule has 0 saturated carbocycles. The summed E-state index contributed by atoms with van der Waals surface area (Å²) in [5.74, 6) is 1.52. The SMILES string of the molecule is c1ccc(NC(=NCCOc2ccc(-c3ccccc3)cc2)Nc2ccccc2)cc1. The van der Waals surface area contributed by atoms with Crippen molar-refractivity contribution in [2.45, 2.75) is 0 Å². The zero-order chi connectivity index (χ0) is 21.1. The average Bonchev–Trinajstić information content (AvgIpc) is 2.84. The Balaban J connectivity index is 1.36. The van der Waals surface area contributed by atoms with Gasteiger partial charge in [-0.2, -0.15) is 0 Å². The number of aliphatic imine (C=N–C) groups is 1. The molecule has 0 heterocycles. The van der Waals surface area contributed by atoms with E-state index in [2.05, 4.69) is 39.9 Å². The molecule has 2 N–H and O–H groups in total. The Morgan fingerprint density at radius 1 is 0.581 bits per heavy atom. The van der Waals surface area contributed by atoms with Crippen molar-refractivity contribution in [1.82, 2.24) is 0 Å². The summed E-state index contributed by atoms with van der Waals surface area (Å²) in [6, 6.07) is 38.4. The summed E-state index contributed by atoms with van der Waals surface area (Å²) in [5.41, 5.74) is 4.32. The van der Waals surface area contributed by atoms with Crippen molar-refractivity contribution < 1.29 is 4.74 Å². The maximum absolute atomic E-state index is 5.89. The molecule has 0 aliphatic rings. The van der Waals surface area contributed by atoms with Gasteiger partial charge in [0.2, 0.25) is 0 Å². The third-order valence-corrected chi connectivity index (χ3v) is 4.66. The van der Waals surface area contributed by atoms with Crippen LogP contribution in [0.3, 0.4) is 0 Å². The molecule has 0 radical (unpaired) electrons. The number of rotatable bonds is 7. The van der Waals surface area contributed by atoms with Gasteiger partial charge in [0.1, 0.15) is 12.4 Å². The van der Waals surface area contributed by atoms with E-state index in [0.717, 1.165) is 17.1 Å². The van der Waals surface area contributed by atoms with Crippen molar-refractivity contribution in [1.29, 1.82) is 0 Å². The maximum Gasteiger partial charge on any atom is 0.200 e. The van der Waals surface area contributed by atoms with E-state index in [4.69, 9.17) is 4.74 Å². The van der Waals surface area contributed by atoms with Gasteiger partial charge in [-0.25, -0.2) is 4.99 Å². The molecule has 0 unspecified atom stereocenters. The molecule has 31 heavy (non-hydrogen) atoms. The van der Waals surface area contributed by atoms with E-state index >= 15 is 0 Å². The first kappa shape index (κ1) is 20.2. The van der Waals surface area contributed by atoms with Crippen LogP contribution in [-0.4, -0.2) is 19.1 Å². The zero-order valence-electron chi connectivity index (χ0n) is 17.2. The molecule has 0 spiro atoms. The third-order valence-electron chi connectivity index (χ3n) is 4.66. The molecule has 0 fully saturated rings. The van der Waals surface area contributed by atoms with Crippen LogP contribution in [0.1, 0.15) is 0 Å². The number of hydrogen-bond donors (Lipinski definition) is 2. The van der Waals surface area contributed by atoms with Crippen LogP contribution in [0.5, 0.6) is 5.75 Å². The summed E-state index contributed by atoms with van der Waals surface area (Å²) in [6.07, 6.45) is 0. The van der Waals surface area contributed by atoms with Crippen LogP contribution in [0.15, 0.2) is 120 Å². The fraction of sp³-hybridized carbons (Fsp3) is 0.0741. The van der Waals surface area contributed by atoms with E-state index in [1.807, 2.05) is 91.0 Å². The molecule has 4 aromatic carbocycles. The maximum atomic E-state index is 5.89. The van der Waals surface area contributed by atoms with Crippen molar-refractivity contribution in [3.63, 3.8) is 0 Å². The molecule has 0 aliphatic carbocycles. The van der Waals surface area contributed by atoms with Gasteiger partial charge in [-0.05, 0) is 47.5 Å². The Hall–Kier alpha value is -4.05.